The number of carbonyl (C=O) groups is 2. The number of carbonyl (C=O) groups excluding carboxylic acids is 2. The first-order chi connectivity index (χ1) is 9.29. The standard InChI is InChI=1S/C15H27NO4/c1-9(2)15(12(5)17)16-14(18)8-19-13-6-10(3)20-11(4)7-13/h9-11,13,15H,6-8H2,1-5H3,(H,16,18). The maximum atomic E-state index is 11.8. The van der Waals surface area contributed by atoms with Crippen LogP contribution < -0.4 is 5.32 Å². The highest BCUT2D eigenvalue weighted by atomic mass is 16.5. The summed E-state index contributed by atoms with van der Waals surface area (Å²) in [5.41, 5.74) is 0. The molecule has 0 aromatic carbocycles. The second-order valence-corrected chi connectivity index (χ2v) is 6.06. The molecule has 1 saturated heterocycles. The number of Topliss-reactive ketones (excluding diaryl/α,β-unsaturated/α-hetero) is 1. The van der Waals surface area contributed by atoms with Gasteiger partial charge in [0.15, 0.2) is 5.78 Å². The zero-order valence-electron chi connectivity index (χ0n) is 13.1. The maximum absolute atomic E-state index is 11.8. The van der Waals surface area contributed by atoms with Crippen molar-refractivity contribution >= 4 is 11.7 Å². The number of ketones is 1. The lowest BCUT2D eigenvalue weighted by Crippen LogP contribution is -2.45. The van der Waals surface area contributed by atoms with E-state index in [-0.39, 0.29) is 42.5 Å². The average molecular weight is 285 g/mol. The molecule has 1 aliphatic heterocycles. The van der Waals surface area contributed by atoms with E-state index in [2.05, 4.69) is 5.32 Å². The van der Waals surface area contributed by atoms with Crippen molar-refractivity contribution in [2.45, 2.75) is 71.8 Å². The fraction of sp³-hybridized carbons (Fsp3) is 0.867. The molecule has 1 heterocycles. The van der Waals surface area contributed by atoms with E-state index in [1.807, 2.05) is 27.7 Å². The van der Waals surface area contributed by atoms with Crippen LogP contribution in [0.25, 0.3) is 0 Å². The SMILES string of the molecule is CC(=O)C(NC(=O)COC1CC(C)OC(C)C1)C(C)C. The molecule has 0 bridgehead atoms. The molecule has 1 aliphatic rings. The van der Waals surface area contributed by atoms with Crippen LogP contribution >= 0.6 is 0 Å². The molecule has 1 amide bonds. The van der Waals surface area contributed by atoms with Crippen molar-refractivity contribution in [3.8, 4) is 0 Å². The Morgan fingerprint density at radius 1 is 1.25 bits per heavy atom. The van der Waals surface area contributed by atoms with Gasteiger partial charge in [0.05, 0.1) is 24.4 Å². The third-order valence-electron chi connectivity index (χ3n) is 3.53. The van der Waals surface area contributed by atoms with E-state index >= 15 is 0 Å². The summed E-state index contributed by atoms with van der Waals surface area (Å²) in [6, 6.07) is -0.432. The van der Waals surface area contributed by atoms with Crippen molar-refractivity contribution in [3.63, 3.8) is 0 Å². The van der Waals surface area contributed by atoms with Crippen LogP contribution in [0.3, 0.4) is 0 Å². The summed E-state index contributed by atoms with van der Waals surface area (Å²) < 4.78 is 11.3. The maximum Gasteiger partial charge on any atom is 0.246 e. The van der Waals surface area contributed by atoms with Gasteiger partial charge in [-0.15, -0.1) is 0 Å². The van der Waals surface area contributed by atoms with Crippen molar-refractivity contribution in [3.05, 3.63) is 0 Å². The first-order valence-electron chi connectivity index (χ1n) is 7.36. The molecular weight excluding hydrogens is 258 g/mol. The minimum atomic E-state index is -0.432. The Kier molecular flexibility index (Phi) is 6.62. The van der Waals surface area contributed by atoms with Crippen LogP contribution in [0.1, 0.15) is 47.5 Å². The summed E-state index contributed by atoms with van der Waals surface area (Å²) in [5.74, 6) is -0.174. The summed E-state index contributed by atoms with van der Waals surface area (Å²) in [6.45, 7) is 9.34. The van der Waals surface area contributed by atoms with E-state index in [9.17, 15) is 9.59 Å². The molecule has 20 heavy (non-hydrogen) atoms. The summed E-state index contributed by atoms with van der Waals surface area (Å²) in [7, 11) is 0. The highest BCUT2D eigenvalue weighted by molar-refractivity contribution is 5.88. The van der Waals surface area contributed by atoms with Crippen LogP contribution in [-0.2, 0) is 19.1 Å². The predicted octanol–water partition coefficient (Wildman–Crippen LogP) is 1.69. The van der Waals surface area contributed by atoms with Gasteiger partial charge in [0, 0.05) is 0 Å². The largest absolute Gasteiger partial charge is 0.375 e. The summed E-state index contributed by atoms with van der Waals surface area (Å²) in [6.07, 6.45) is 1.98. The Morgan fingerprint density at radius 3 is 2.25 bits per heavy atom. The van der Waals surface area contributed by atoms with E-state index in [4.69, 9.17) is 9.47 Å². The molecule has 1 N–H and O–H groups in total. The molecule has 1 rings (SSSR count). The van der Waals surface area contributed by atoms with Crippen LogP contribution in [0.5, 0.6) is 0 Å². The van der Waals surface area contributed by atoms with Crippen molar-refractivity contribution in [1.29, 1.82) is 0 Å². The molecular formula is C15H27NO4. The molecule has 0 spiro atoms. The van der Waals surface area contributed by atoms with Crippen LogP contribution in [-0.4, -0.2) is 42.7 Å². The molecule has 0 saturated carbocycles. The lowest BCUT2D eigenvalue weighted by atomic mass is 10.0. The normalized spacial score (nSPS) is 28.2. The van der Waals surface area contributed by atoms with Gasteiger partial charge in [0.1, 0.15) is 6.61 Å². The molecule has 0 radical (unpaired) electrons. The van der Waals surface area contributed by atoms with E-state index in [0.29, 0.717) is 0 Å². The van der Waals surface area contributed by atoms with Crippen LogP contribution in [0.2, 0.25) is 0 Å². The lowest BCUT2D eigenvalue weighted by Gasteiger charge is -2.32. The van der Waals surface area contributed by atoms with Gasteiger partial charge in [-0.1, -0.05) is 13.8 Å². The van der Waals surface area contributed by atoms with Crippen molar-refractivity contribution in [2.24, 2.45) is 5.92 Å². The zero-order valence-corrected chi connectivity index (χ0v) is 13.1. The summed E-state index contributed by atoms with van der Waals surface area (Å²) in [4.78, 5) is 23.3. The summed E-state index contributed by atoms with van der Waals surface area (Å²) in [5, 5.41) is 2.73. The van der Waals surface area contributed by atoms with Gasteiger partial charge >= 0.3 is 0 Å². The Morgan fingerprint density at radius 2 is 1.80 bits per heavy atom. The minimum Gasteiger partial charge on any atom is -0.375 e. The van der Waals surface area contributed by atoms with Gasteiger partial charge in [-0.2, -0.15) is 0 Å². The molecule has 0 aromatic heterocycles. The highest BCUT2D eigenvalue weighted by Gasteiger charge is 2.26. The van der Waals surface area contributed by atoms with Gasteiger partial charge < -0.3 is 14.8 Å². The van der Waals surface area contributed by atoms with Crippen LogP contribution in [0.15, 0.2) is 0 Å². The van der Waals surface area contributed by atoms with Crippen molar-refractivity contribution in [1.82, 2.24) is 5.32 Å². The molecule has 3 atom stereocenters. The lowest BCUT2D eigenvalue weighted by molar-refractivity contribution is -0.138. The van der Waals surface area contributed by atoms with Gasteiger partial charge in [0.25, 0.3) is 0 Å². The van der Waals surface area contributed by atoms with Crippen molar-refractivity contribution in [2.75, 3.05) is 6.61 Å². The molecule has 1 fully saturated rings. The van der Waals surface area contributed by atoms with E-state index < -0.39 is 6.04 Å². The monoisotopic (exact) mass is 285 g/mol. The number of hydrogen-bond acceptors (Lipinski definition) is 4. The van der Waals surface area contributed by atoms with Crippen LogP contribution in [0, 0.1) is 5.92 Å². The third-order valence-corrected chi connectivity index (χ3v) is 3.53. The quantitative estimate of drug-likeness (QED) is 0.806. The third kappa shape index (κ3) is 5.59. The first kappa shape index (κ1) is 17.1. The number of nitrogens with one attached hydrogen (secondary N) is 1. The number of amides is 1. The molecule has 0 aromatic rings. The average Bonchev–Trinajstić information content (AvgIpc) is 2.31. The van der Waals surface area contributed by atoms with Gasteiger partial charge in [-0.25, -0.2) is 0 Å². The predicted molar refractivity (Wildman–Crippen MR) is 76.4 cm³/mol. The number of rotatable bonds is 6. The first-order valence-corrected chi connectivity index (χ1v) is 7.36. The van der Waals surface area contributed by atoms with Crippen molar-refractivity contribution < 1.29 is 19.1 Å². The molecule has 0 aliphatic carbocycles. The zero-order chi connectivity index (χ0) is 15.3. The second-order valence-electron chi connectivity index (χ2n) is 6.06. The smallest absolute Gasteiger partial charge is 0.246 e. The Hall–Kier alpha value is -0.940. The highest BCUT2D eigenvalue weighted by Crippen LogP contribution is 2.21. The molecule has 5 nitrogen and oxygen atoms in total. The topological polar surface area (TPSA) is 64.6 Å². The fourth-order valence-corrected chi connectivity index (χ4v) is 2.63. The van der Waals surface area contributed by atoms with E-state index in [1.165, 1.54) is 6.92 Å². The Bertz CT molecular complexity index is 333. The number of ether oxygens (including phenoxy) is 2. The van der Waals surface area contributed by atoms with Gasteiger partial charge in [-0.05, 0) is 39.5 Å². The minimum absolute atomic E-state index is 0.000602. The number of hydrogen-bond donors (Lipinski definition) is 1. The molecule has 116 valence electrons. The summed E-state index contributed by atoms with van der Waals surface area (Å²) >= 11 is 0. The van der Waals surface area contributed by atoms with Gasteiger partial charge in [0.2, 0.25) is 5.91 Å². The molecule has 3 unspecified atom stereocenters. The Labute approximate surface area is 121 Å². The van der Waals surface area contributed by atoms with Crippen LogP contribution in [0.4, 0.5) is 0 Å². The van der Waals surface area contributed by atoms with Gasteiger partial charge in [-0.3, -0.25) is 9.59 Å². The molecule has 5 heteroatoms. The Balaban J connectivity index is 2.37. The second kappa shape index (κ2) is 7.74. The van der Waals surface area contributed by atoms with E-state index in [1.54, 1.807) is 0 Å². The van der Waals surface area contributed by atoms with E-state index in [0.717, 1.165) is 12.8 Å². The fourth-order valence-electron chi connectivity index (χ4n) is 2.63.